The van der Waals surface area contributed by atoms with Crippen LogP contribution in [0.25, 0.3) is 82.5 Å². The highest BCUT2D eigenvalue weighted by atomic mass is 16.3. The summed E-state index contributed by atoms with van der Waals surface area (Å²) in [5.41, 5.74) is 13.2. The number of aromatic nitrogens is 1. The third kappa shape index (κ3) is 5.05. The van der Waals surface area contributed by atoms with Crippen molar-refractivity contribution in [2.45, 2.75) is 0 Å². The largest absolute Gasteiger partial charge is 0.456 e. The van der Waals surface area contributed by atoms with E-state index >= 15 is 0 Å². The average Bonchev–Trinajstić information content (AvgIpc) is 3.80. The Kier molecular flexibility index (Phi) is 7.17. The number of hydrogen-bond acceptors (Lipinski definition) is 2. The number of rotatable bonds is 6. The molecule has 0 atom stereocenters. The molecule has 2 heterocycles. The minimum Gasteiger partial charge on any atom is -0.456 e. The van der Waals surface area contributed by atoms with E-state index in [0.717, 1.165) is 55.8 Å². The molecule has 0 spiro atoms. The molecule has 0 radical (unpaired) electrons. The van der Waals surface area contributed by atoms with Crippen LogP contribution in [-0.4, -0.2) is 4.57 Å². The summed E-state index contributed by atoms with van der Waals surface area (Å²) in [6.45, 7) is 0. The second-order valence-corrected chi connectivity index (χ2v) is 14.1. The molecule has 11 aromatic rings. The highest BCUT2D eigenvalue weighted by Crippen LogP contribution is 2.46. The van der Waals surface area contributed by atoms with E-state index < -0.39 is 0 Å². The molecule has 0 aliphatic rings. The molecule has 9 aromatic carbocycles. The lowest BCUT2D eigenvalue weighted by molar-refractivity contribution is 0.669. The maximum Gasteiger partial charge on any atom is 0.135 e. The van der Waals surface area contributed by atoms with Gasteiger partial charge in [-0.25, -0.2) is 0 Å². The first kappa shape index (κ1) is 31.2. The fourth-order valence-electron chi connectivity index (χ4n) is 8.55. The lowest BCUT2D eigenvalue weighted by Crippen LogP contribution is -2.11. The Bertz CT molecular complexity index is 3210. The van der Waals surface area contributed by atoms with E-state index in [9.17, 15) is 0 Å². The Morgan fingerprint density at radius 2 is 1.00 bits per heavy atom. The first-order valence-electron chi connectivity index (χ1n) is 18.8. The SMILES string of the molecule is c1ccc(-c2ccccc2N(c2cccc(-c3cc4c(c5ccccc35)c3ccccc3n4-c3ccccc3)c2)c2ccc3oc4ccccc4c3c2)cc1. The van der Waals surface area contributed by atoms with Crippen molar-refractivity contribution in [3.05, 3.63) is 206 Å². The molecular formula is C52H34N2O. The van der Waals surface area contributed by atoms with Crippen molar-refractivity contribution in [1.29, 1.82) is 0 Å². The van der Waals surface area contributed by atoms with Gasteiger partial charge >= 0.3 is 0 Å². The van der Waals surface area contributed by atoms with Gasteiger partial charge in [0.05, 0.1) is 16.7 Å². The van der Waals surface area contributed by atoms with Gasteiger partial charge in [-0.3, -0.25) is 0 Å². The summed E-state index contributed by atoms with van der Waals surface area (Å²) in [5.74, 6) is 0. The molecule has 0 aliphatic carbocycles. The summed E-state index contributed by atoms with van der Waals surface area (Å²) in [4.78, 5) is 2.40. The van der Waals surface area contributed by atoms with Gasteiger partial charge < -0.3 is 13.9 Å². The summed E-state index contributed by atoms with van der Waals surface area (Å²) in [6, 6.07) is 74.0. The normalized spacial score (nSPS) is 11.6. The average molecular weight is 703 g/mol. The molecule has 0 fully saturated rings. The van der Waals surface area contributed by atoms with Crippen molar-refractivity contribution in [2.75, 3.05) is 4.90 Å². The lowest BCUT2D eigenvalue weighted by atomic mass is 9.94. The van der Waals surface area contributed by atoms with Gasteiger partial charge in [0.2, 0.25) is 0 Å². The van der Waals surface area contributed by atoms with E-state index in [-0.39, 0.29) is 0 Å². The quantitative estimate of drug-likeness (QED) is 0.172. The van der Waals surface area contributed by atoms with Gasteiger partial charge in [0, 0.05) is 44.2 Å². The number of fused-ring (bicyclic) bond motifs is 8. The fourth-order valence-corrected chi connectivity index (χ4v) is 8.55. The van der Waals surface area contributed by atoms with Gasteiger partial charge in [-0.2, -0.15) is 0 Å². The first-order chi connectivity index (χ1) is 27.3. The number of para-hydroxylation sites is 4. The van der Waals surface area contributed by atoms with E-state index in [1.165, 1.54) is 43.7 Å². The van der Waals surface area contributed by atoms with Crippen LogP contribution >= 0.6 is 0 Å². The highest BCUT2D eigenvalue weighted by Gasteiger charge is 2.21. The monoisotopic (exact) mass is 702 g/mol. The second-order valence-electron chi connectivity index (χ2n) is 14.1. The number of benzene rings is 9. The molecule has 11 rings (SSSR count). The molecule has 3 heteroatoms. The predicted molar refractivity (Wildman–Crippen MR) is 231 cm³/mol. The fraction of sp³-hybridized carbons (Fsp3) is 0. The van der Waals surface area contributed by atoms with E-state index in [1.54, 1.807) is 0 Å². The Balaban J connectivity index is 1.17. The summed E-state index contributed by atoms with van der Waals surface area (Å²) >= 11 is 0. The van der Waals surface area contributed by atoms with Gasteiger partial charge in [-0.15, -0.1) is 0 Å². The number of nitrogens with zero attached hydrogens (tertiary/aromatic N) is 2. The Labute approximate surface area is 318 Å². The van der Waals surface area contributed by atoms with Gasteiger partial charge in [-0.1, -0.05) is 140 Å². The molecule has 3 nitrogen and oxygen atoms in total. The maximum atomic E-state index is 6.29. The molecule has 2 aromatic heterocycles. The third-order valence-electron chi connectivity index (χ3n) is 11.0. The zero-order valence-electron chi connectivity index (χ0n) is 29.9. The van der Waals surface area contributed by atoms with Crippen LogP contribution in [0.15, 0.2) is 211 Å². The van der Waals surface area contributed by atoms with E-state index in [4.69, 9.17) is 4.42 Å². The second kappa shape index (κ2) is 12.6. The van der Waals surface area contributed by atoms with Crippen molar-refractivity contribution in [2.24, 2.45) is 0 Å². The summed E-state index contributed by atoms with van der Waals surface area (Å²) in [6.07, 6.45) is 0. The van der Waals surface area contributed by atoms with Crippen LogP contribution in [-0.2, 0) is 0 Å². The van der Waals surface area contributed by atoms with Gasteiger partial charge in [-0.05, 0) is 94.2 Å². The predicted octanol–water partition coefficient (Wildman–Crippen LogP) is 14.6. The third-order valence-corrected chi connectivity index (χ3v) is 11.0. The first-order valence-corrected chi connectivity index (χ1v) is 18.8. The smallest absolute Gasteiger partial charge is 0.135 e. The van der Waals surface area contributed by atoms with E-state index in [1.807, 2.05) is 12.1 Å². The number of furan rings is 1. The van der Waals surface area contributed by atoms with Crippen molar-refractivity contribution < 1.29 is 4.42 Å². The van der Waals surface area contributed by atoms with Crippen molar-refractivity contribution in [3.8, 4) is 27.9 Å². The van der Waals surface area contributed by atoms with E-state index in [2.05, 4.69) is 204 Å². The summed E-state index contributed by atoms with van der Waals surface area (Å²) < 4.78 is 8.70. The zero-order chi connectivity index (χ0) is 36.3. The van der Waals surface area contributed by atoms with Crippen molar-refractivity contribution >= 4 is 71.6 Å². The lowest BCUT2D eigenvalue weighted by Gasteiger charge is -2.28. The van der Waals surface area contributed by atoms with Gasteiger partial charge in [0.25, 0.3) is 0 Å². The molecule has 0 aliphatic heterocycles. The van der Waals surface area contributed by atoms with Crippen LogP contribution in [0.1, 0.15) is 0 Å². The van der Waals surface area contributed by atoms with Crippen molar-refractivity contribution in [1.82, 2.24) is 4.57 Å². The Morgan fingerprint density at radius 1 is 0.364 bits per heavy atom. The summed E-state index contributed by atoms with van der Waals surface area (Å²) in [7, 11) is 0. The molecule has 0 saturated heterocycles. The van der Waals surface area contributed by atoms with Gasteiger partial charge in [0.1, 0.15) is 11.2 Å². The van der Waals surface area contributed by atoms with Crippen LogP contribution < -0.4 is 4.90 Å². The zero-order valence-corrected chi connectivity index (χ0v) is 29.9. The molecule has 55 heavy (non-hydrogen) atoms. The van der Waals surface area contributed by atoms with E-state index in [0.29, 0.717) is 0 Å². The topological polar surface area (TPSA) is 21.3 Å². The van der Waals surface area contributed by atoms with Crippen LogP contribution in [0.3, 0.4) is 0 Å². The molecule has 0 N–H and O–H groups in total. The van der Waals surface area contributed by atoms with Crippen LogP contribution in [0.4, 0.5) is 17.1 Å². The molecular weight excluding hydrogens is 669 g/mol. The van der Waals surface area contributed by atoms with Crippen LogP contribution in [0.2, 0.25) is 0 Å². The standard InChI is InChI=1S/C52H34N2O/c1-3-16-35(17-4-1)40-22-9-12-27-47(40)53(39-30-31-51-46(33-39)42-24-11-14-29-50(42)55-51)38-21-15-18-36(32-38)45-34-49-52(43-25-8-7-23-41(43)45)44-26-10-13-28-48(44)54(49)37-19-5-2-6-20-37/h1-34H. The molecule has 0 unspecified atom stereocenters. The van der Waals surface area contributed by atoms with Crippen LogP contribution in [0, 0.1) is 0 Å². The Morgan fingerprint density at radius 3 is 1.85 bits per heavy atom. The Hall–Kier alpha value is -7.36. The molecule has 0 bridgehead atoms. The molecule has 0 amide bonds. The molecule has 0 saturated carbocycles. The minimum atomic E-state index is 0.878. The van der Waals surface area contributed by atoms with Crippen molar-refractivity contribution in [3.63, 3.8) is 0 Å². The van der Waals surface area contributed by atoms with Gasteiger partial charge in [0.15, 0.2) is 0 Å². The maximum absolute atomic E-state index is 6.29. The summed E-state index contributed by atoms with van der Waals surface area (Å²) in [5, 5.41) is 7.20. The minimum absolute atomic E-state index is 0.878. The number of anilines is 3. The highest BCUT2D eigenvalue weighted by molar-refractivity contribution is 6.24. The van der Waals surface area contributed by atoms with Crippen LogP contribution in [0.5, 0.6) is 0 Å². The molecule has 258 valence electrons. The number of hydrogen-bond donors (Lipinski definition) is 0.